The molecular weight excluding hydrogens is 456 g/mol. The van der Waals surface area contributed by atoms with E-state index in [9.17, 15) is 45.0 Å². The Labute approximate surface area is 156 Å². The van der Waals surface area contributed by atoms with Crippen LogP contribution in [0.1, 0.15) is 19.4 Å². The Morgan fingerprint density at radius 3 is 1.81 bits per heavy atom. The van der Waals surface area contributed by atoms with Crippen LogP contribution in [0.25, 0.3) is 0 Å². The summed E-state index contributed by atoms with van der Waals surface area (Å²) in [5, 5.41) is 9.53. The van der Waals surface area contributed by atoms with Crippen molar-refractivity contribution in [3.05, 3.63) is 45.2 Å². The highest BCUT2D eigenvalue weighted by Crippen LogP contribution is 2.71. The summed E-state index contributed by atoms with van der Waals surface area (Å²) in [5.41, 5.74) is -5.04. The van der Waals surface area contributed by atoms with Gasteiger partial charge in [-0.3, -0.25) is 4.79 Å². The van der Waals surface area contributed by atoms with Crippen molar-refractivity contribution in [3.8, 4) is 0 Å². The SMILES string of the molecule is CC1(C)C(C=C(Br)C(F)(F)F)C1(Cc1c(F)c(F)c(F)c(F)c1F)C(=O)O. The number of carboxylic acid groups (broad SMARTS) is 1. The van der Waals surface area contributed by atoms with Gasteiger partial charge in [-0.15, -0.1) is 0 Å². The molecule has 0 saturated heterocycles. The lowest BCUT2D eigenvalue weighted by Gasteiger charge is -2.17. The topological polar surface area (TPSA) is 37.3 Å². The van der Waals surface area contributed by atoms with Gasteiger partial charge in [0, 0.05) is 11.5 Å². The maximum atomic E-state index is 13.9. The van der Waals surface area contributed by atoms with E-state index in [2.05, 4.69) is 15.9 Å². The van der Waals surface area contributed by atoms with Crippen LogP contribution in [0, 0.1) is 45.8 Å². The Bertz CT molecular complexity index is 817. The largest absolute Gasteiger partial charge is 0.481 e. The molecule has 2 unspecified atom stereocenters. The molecule has 0 radical (unpaired) electrons. The van der Waals surface area contributed by atoms with Crippen LogP contribution in [-0.4, -0.2) is 17.3 Å². The standard InChI is InChI=1S/C16H11BrF8O2/c1-14(2)6(3-7(17)16(23,24)25)15(14,13(26)27)4-5-8(18)10(20)12(22)11(21)9(5)19/h3,6H,4H2,1-2H3,(H,26,27). The molecule has 0 heterocycles. The summed E-state index contributed by atoms with van der Waals surface area (Å²) in [5.74, 6) is -14.5. The van der Waals surface area contributed by atoms with Crippen LogP contribution < -0.4 is 0 Å². The smallest absolute Gasteiger partial charge is 0.422 e. The monoisotopic (exact) mass is 466 g/mol. The summed E-state index contributed by atoms with van der Waals surface area (Å²) in [7, 11) is 0. The first-order valence-electron chi connectivity index (χ1n) is 7.29. The van der Waals surface area contributed by atoms with Crippen molar-refractivity contribution in [2.75, 3.05) is 0 Å². The number of halogens is 9. The molecule has 1 aromatic carbocycles. The Morgan fingerprint density at radius 1 is 1.04 bits per heavy atom. The van der Waals surface area contributed by atoms with Gasteiger partial charge in [0.1, 0.15) is 0 Å². The van der Waals surface area contributed by atoms with Crippen molar-refractivity contribution >= 4 is 21.9 Å². The maximum Gasteiger partial charge on any atom is 0.422 e. The Hall–Kier alpha value is -1.65. The predicted octanol–water partition coefficient (Wildman–Crippen LogP) is 5.49. The quantitative estimate of drug-likeness (QED) is 0.361. The number of benzene rings is 1. The maximum absolute atomic E-state index is 13.9. The van der Waals surface area contributed by atoms with Gasteiger partial charge in [-0.2, -0.15) is 13.2 Å². The summed E-state index contributed by atoms with van der Waals surface area (Å²) < 4.78 is 105. The molecule has 1 N–H and O–H groups in total. The fourth-order valence-corrected chi connectivity index (χ4v) is 3.66. The predicted molar refractivity (Wildman–Crippen MR) is 80.3 cm³/mol. The molecule has 1 aromatic rings. The molecule has 2 rings (SSSR count). The summed E-state index contributed by atoms with van der Waals surface area (Å²) in [6, 6.07) is 0. The molecule has 1 fully saturated rings. The van der Waals surface area contributed by atoms with Crippen LogP contribution in [0.3, 0.4) is 0 Å². The van der Waals surface area contributed by atoms with E-state index in [1.165, 1.54) is 13.8 Å². The second-order valence-corrected chi connectivity index (χ2v) is 7.57. The zero-order valence-corrected chi connectivity index (χ0v) is 15.2. The Morgan fingerprint density at radius 2 is 1.44 bits per heavy atom. The molecule has 1 aliphatic carbocycles. The first-order valence-corrected chi connectivity index (χ1v) is 8.08. The van der Waals surface area contributed by atoms with Crippen molar-refractivity contribution in [1.29, 1.82) is 0 Å². The average Bonchev–Trinajstić information content (AvgIpc) is 3.02. The lowest BCUT2D eigenvalue weighted by atomic mass is 9.87. The third-order valence-corrected chi connectivity index (χ3v) is 5.81. The highest BCUT2D eigenvalue weighted by atomic mass is 79.9. The summed E-state index contributed by atoms with van der Waals surface area (Å²) >= 11 is 2.26. The first-order chi connectivity index (χ1) is 12.1. The Balaban J connectivity index is 2.60. The molecule has 150 valence electrons. The molecule has 1 aliphatic rings. The minimum Gasteiger partial charge on any atom is -0.481 e. The number of allylic oxidation sites excluding steroid dienone is 2. The molecule has 27 heavy (non-hydrogen) atoms. The molecule has 2 atom stereocenters. The third kappa shape index (κ3) is 3.13. The number of aliphatic carboxylic acids is 1. The van der Waals surface area contributed by atoms with E-state index in [0.29, 0.717) is 6.08 Å². The van der Waals surface area contributed by atoms with Gasteiger partial charge in [-0.05, 0) is 27.8 Å². The van der Waals surface area contributed by atoms with Crippen molar-refractivity contribution in [2.24, 2.45) is 16.7 Å². The highest BCUT2D eigenvalue weighted by molar-refractivity contribution is 9.11. The van der Waals surface area contributed by atoms with E-state index in [0.717, 1.165) is 0 Å². The van der Waals surface area contributed by atoms with Gasteiger partial charge in [0.25, 0.3) is 0 Å². The van der Waals surface area contributed by atoms with Crippen molar-refractivity contribution in [2.45, 2.75) is 26.4 Å². The number of carbonyl (C=O) groups is 1. The van der Waals surface area contributed by atoms with E-state index >= 15 is 0 Å². The highest BCUT2D eigenvalue weighted by Gasteiger charge is 2.75. The number of carboxylic acids is 1. The van der Waals surface area contributed by atoms with Crippen LogP contribution in [0.2, 0.25) is 0 Å². The van der Waals surface area contributed by atoms with Gasteiger partial charge in [0.05, 0.1) is 9.90 Å². The van der Waals surface area contributed by atoms with Gasteiger partial charge in [-0.25, -0.2) is 22.0 Å². The molecule has 0 bridgehead atoms. The van der Waals surface area contributed by atoms with E-state index in [1.54, 1.807) is 0 Å². The Kier molecular flexibility index (Phi) is 5.18. The van der Waals surface area contributed by atoms with Crippen molar-refractivity contribution in [1.82, 2.24) is 0 Å². The second-order valence-electron chi connectivity index (χ2n) is 6.71. The van der Waals surface area contributed by atoms with Gasteiger partial charge in [0.2, 0.25) is 5.82 Å². The summed E-state index contributed by atoms with van der Waals surface area (Å²) in [6.45, 7) is 2.45. The fourth-order valence-electron chi connectivity index (χ4n) is 3.39. The fraction of sp³-hybridized carbons (Fsp3) is 0.438. The zero-order chi connectivity index (χ0) is 21.1. The molecule has 0 aliphatic heterocycles. The molecule has 0 spiro atoms. The van der Waals surface area contributed by atoms with E-state index in [1.807, 2.05) is 0 Å². The third-order valence-electron chi connectivity index (χ3n) is 5.10. The van der Waals surface area contributed by atoms with E-state index in [-0.39, 0.29) is 0 Å². The summed E-state index contributed by atoms with van der Waals surface area (Å²) in [6.07, 6.45) is -5.49. The summed E-state index contributed by atoms with van der Waals surface area (Å²) in [4.78, 5) is 11.8. The van der Waals surface area contributed by atoms with Crippen LogP contribution in [0.15, 0.2) is 10.6 Å². The molecule has 0 aromatic heterocycles. The van der Waals surface area contributed by atoms with E-state index in [4.69, 9.17) is 0 Å². The zero-order valence-electron chi connectivity index (χ0n) is 13.6. The normalized spacial score (nSPS) is 24.9. The number of hydrogen-bond donors (Lipinski definition) is 1. The lowest BCUT2D eigenvalue weighted by molar-refractivity contribution is -0.145. The van der Waals surface area contributed by atoms with E-state index < -0.39 is 74.4 Å². The van der Waals surface area contributed by atoms with Gasteiger partial charge in [0.15, 0.2) is 23.3 Å². The van der Waals surface area contributed by atoms with Crippen molar-refractivity contribution < 1.29 is 45.0 Å². The second kappa shape index (κ2) is 6.46. The minimum atomic E-state index is -4.84. The van der Waals surface area contributed by atoms with Gasteiger partial charge >= 0.3 is 12.1 Å². The first kappa shape index (κ1) is 21.6. The molecule has 2 nitrogen and oxygen atoms in total. The van der Waals surface area contributed by atoms with Gasteiger partial charge < -0.3 is 5.11 Å². The number of alkyl halides is 3. The van der Waals surface area contributed by atoms with Crippen LogP contribution in [0.4, 0.5) is 35.1 Å². The number of hydrogen-bond acceptors (Lipinski definition) is 1. The molecule has 1 saturated carbocycles. The van der Waals surface area contributed by atoms with Crippen LogP contribution >= 0.6 is 15.9 Å². The van der Waals surface area contributed by atoms with Crippen LogP contribution in [0.5, 0.6) is 0 Å². The average molecular weight is 467 g/mol. The van der Waals surface area contributed by atoms with Crippen molar-refractivity contribution in [3.63, 3.8) is 0 Å². The van der Waals surface area contributed by atoms with Gasteiger partial charge in [-0.1, -0.05) is 19.9 Å². The van der Waals surface area contributed by atoms with Crippen LogP contribution in [-0.2, 0) is 11.2 Å². The lowest BCUT2D eigenvalue weighted by Crippen LogP contribution is -2.26. The molecular formula is C16H11BrF8O2. The molecule has 0 amide bonds. The number of rotatable bonds is 4. The minimum absolute atomic E-state index is 0.528. The molecule has 11 heteroatoms.